The van der Waals surface area contributed by atoms with E-state index in [-0.39, 0.29) is 11.5 Å². The number of benzene rings is 3. The molecule has 1 amide bonds. The summed E-state index contributed by atoms with van der Waals surface area (Å²) >= 11 is 6.29. The molecular formula is C26H24ClN3O3. The van der Waals surface area contributed by atoms with Crippen LogP contribution in [0.3, 0.4) is 0 Å². The zero-order chi connectivity index (χ0) is 23.5. The lowest BCUT2D eigenvalue weighted by Gasteiger charge is -2.29. The summed E-state index contributed by atoms with van der Waals surface area (Å²) in [6, 6.07) is 20.9. The van der Waals surface area contributed by atoms with E-state index in [0.29, 0.717) is 45.2 Å². The van der Waals surface area contributed by atoms with Gasteiger partial charge in [0.15, 0.2) is 0 Å². The van der Waals surface area contributed by atoms with E-state index in [1.165, 1.54) is 0 Å². The standard InChI is InChI=1S/C26H24ClN3O3/c1-4-21(29(2)25(31)17-11-5-7-13-19(17)27)24-28-20-14-8-6-12-18(20)26(32)30(24)22-15-9-10-16-23(22)33-3/h5-16,21H,4H2,1-3H3. The van der Waals surface area contributed by atoms with E-state index in [0.717, 1.165) is 0 Å². The monoisotopic (exact) mass is 461 g/mol. The zero-order valence-electron chi connectivity index (χ0n) is 18.7. The van der Waals surface area contributed by atoms with E-state index >= 15 is 0 Å². The molecule has 1 heterocycles. The highest BCUT2D eigenvalue weighted by molar-refractivity contribution is 6.33. The molecule has 0 aliphatic heterocycles. The number of carbonyl (C=O) groups is 1. The summed E-state index contributed by atoms with van der Waals surface area (Å²) in [6.07, 6.45) is 0.534. The first-order chi connectivity index (χ1) is 16.0. The van der Waals surface area contributed by atoms with Crippen LogP contribution in [0.25, 0.3) is 16.6 Å². The number of hydrogen-bond donors (Lipinski definition) is 0. The first-order valence-corrected chi connectivity index (χ1v) is 11.0. The number of rotatable bonds is 6. The van der Waals surface area contributed by atoms with Gasteiger partial charge in [0.2, 0.25) is 0 Å². The van der Waals surface area contributed by atoms with Crippen molar-refractivity contribution >= 4 is 28.4 Å². The van der Waals surface area contributed by atoms with Gasteiger partial charge in [-0.25, -0.2) is 4.98 Å². The van der Waals surface area contributed by atoms with Gasteiger partial charge in [-0.1, -0.05) is 54.9 Å². The first kappa shape index (κ1) is 22.6. The zero-order valence-corrected chi connectivity index (χ0v) is 19.4. The Kier molecular flexibility index (Phi) is 6.47. The van der Waals surface area contributed by atoms with Crippen LogP contribution in [0.2, 0.25) is 5.02 Å². The topological polar surface area (TPSA) is 64.4 Å². The van der Waals surface area contributed by atoms with Crippen molar-refractivity contribution in [1.29, 1.82) is 0 Å². The first-order valence-electron chi connectivity index (χ1n) is 10.6. The highest BCUT2D eigenvalue weighted by Crippen LogP contribution is 2.30. The molecule has 0 fully saturated rings. The third-order valence-corrected chi connectivity index (χ3v) is 6.03. The van der Waals surface area contributed by atoms with Gasteiger partial charge in [-0.3, -0.25) is 14.2 Å². The minimum absolute atomic E-state index is 0.225. The van der Waals surface area contributed by atoms with Crippen LogP contribution in [0.4, 0.5) is 0 Å². The van der Waals surface area contributed by atoms with Gasteiger partial charge in [0, 0.05) is 7.05 Å². The van der Waals surface area contributed by atoms with Gasteiger partial charge in [-0.2, -0.15) is 0 Å². The molecule has 0 bridgehead atoms. The lowest BCUT2D eigenvalue weighted by Crippen LogP contribution is -2.36. The van der Waals surface area contributed by atoms with Crippen LogP contribution in [-0.4, -0.2) is 34.5 Å². The SMILES string of the molecule is CCC(c1nc2ccccc2c(=O)n1-c1ccccc1OC)N(C)C(=O)c1ccccc1Cl. The summed E-state index contributed by atoms with van der Waals surface area (Å²) < 4.78 is 7.09. The fourth-order valence-electron chi connectivity index (χ4n) is 4.02. The number of fused-ring (bicyclic) bond motifs is 1. The van der Waals surface area contributed by atoms with Crippen LogP contribution < -0.4 is 10.3 Å². The Hall–Kier alpha value is -3.64. The largest absolute Gasteiger partial charge is 0.495 e. The fourth-order valence-corrected chi connectivity index (χ4v) is 4.23. The van der Waals surface area contributed by atoms with Crippen molar-refractivity contribution in [3.05, 3.63) is 99.6 Å². The van der Waals surface area contributed by atoms with Gasteiger partial charge in [0.25, 0.3) is 11.5 Å². The molecule has 4 aromatic rings. The number of halogens is 1. The average Bonchev–Trinajstić information content (AvgIpc) is 2.84. The number of amides is 1. The molecule has 3 aromatic carbocycles. The lowest BCUT2D eigenvalue weighted by atomic mass is 10.1. The Bertz CT molecular complexity index is 1380. The van der Waals surface area contributed by atoms with E-state index in [4.69, 9.17) is 21.3 Å². The Balaban J connectivity index is 1.96. The molecule has 33 heavy (non-hydrogen) atoms. The van der Waals surface area contributed by atoms with Crippen LogP contribution >= 0.6 is 11.6 Å². The predicted molar refractivity (Wildman–Crippen MR) is 130 cm³/mol. The molecule has 7 heteroatoms. The quantitative estimate of drug-likeness (QED) is 0.392. The summed E-state index contributed by atoms with van der Waals surface area (Å²) in [5.41, 5.74) is 1.31. The second-order valence-corrected chi connectivity index (χ2v) is 8.03. The number of aromatic nitrogens is 2. The Morgan fingerprint density at radius 2 is 1.73 bits per heavy atom. The third kappa shape index (κ3) is 4.10. The molecule has 0 aliphatic rings. The van der Waals surface area contributed by atoms with E-state index in [1.54, 1.807) is 66.1 Å². The van der Waals surface area contributed by atoms with Crippen molar-refractivity contribution in [3.8, 4) is 11.4 Å². The summed E-state index contributed by atoms with van der Waals surface area (Å²) in [5, 5.41) is 0.861. The molecule has 0 saturated carbocycles. The maximum absolute atomic E-state index is 13.7. The summed E-state index contributed by atoms with van der Waals surface area (Å²) in [5.74, 6) is 0.739. The molecule has 168 valence electrons. The smallest absolute Gasteiger partial charge is 0.266 e. The number of para-hydroxylation sites is 3. The van der Waals surface area contributed by atoms with Crippen molar-refractivity contribution in [1.82, 2.24) is 14.5 Å². The van der Waals surface area contributed by atoms with Crippen LogP contribution in [0.1, 0.15) is 35.6 Å². The number of nitrogens with zero attached hydrogens (tertiary/aromatic N) is 3. The second-order valence-electron chi connectivity index (χ2n) is 7.62. The van der Waals surface area contributed by atoms with E-state index in [9.17, 15) is 9.59 Å². The fraction of sp³-hybridized carbons (Fsp3) is 0.192. The number of carbonyl (C=O) groups excluding carboxylic acids is 1. The normalized spacial score (nSPS) is 11.9. The van der Waals surface area contributed by atoms with Gasteiger partial charge < -0.3 is 9.64 Å². The minimum atomic E-state index is -0.490. The Labute approximate surface area is 197 Å². The van der Waals surface area contributed by atoms with Crippen molar-refractivity contribution in [2.75, 3.05) is 14.2 Å². The van der Waals surface area contributed by atoms with Crippen molar-refractivity contribution in [3.63, 3.8) is 0 Å². The maximum Gasteiger partial charge on any atom is 0.266 e. The summed E-state index contributed by atoms with van der Waals surface area (Å²) in [4.78, 5) is 33.5. The Morgan fingerprint density at radius 3 is 2.45 bits per heavy atom. The molecule has 1 atom stereocenters. The van der Waals surface area contributed by atoms with Crippen molar-refractivity contribution < 1.29 is 9.53 Å². The highest BCUT2D eigenvalue weighted by atomic mass is 35.5. The van der Waals surface area contributed by atoms with Gasteiger partial charge in [-0.15, -0.1) is 0 Å². The van der Waals surface area contributed by atoms with Gasteiger partial charge >= 0.3 is 0 Å². The molecule has 0 aliphatic carbocycles. The van der Waals surface area contributed by atoms with Crippen LogP contribution in [0.15, 0.2) is 77.6 Å². The van der Waals surface area contributed by atoms with E-state index in [2.05, 4.69) is 0 Å². The molecule has 0 N–H and O–H groups in total. The van der Waals surface area contributed by atoms with E-state index in [1.807, 2.05) is 37.3 Å². The average molecular weight is 462 g/mol. The molecule has 1 unspecified atom stereocenters. The maximum atomic E-state index is 13.7. The highest BCUT2D eigenvalue weighted by Gasteiger charge is 2.28. The van der Waals surface area contributed by atoms with Crippen LogP contribution in [0, 0.1) is 0 Å². The van der Waals surface area contributed by atoms with E-state index < -0.39 is 6.04 Å². The van der Waals surface area contributed by atoms with Gasteiger partial charge in [0.05, 0.1) is 40.3 Å². The third-order valence-electron chi connectivity index (χ3n) is 5.70. The summed E-state index contributed by atoms with van der Waals surface area (Å²) in [7, 11) is 3.26. The van der Waals surface area contributed by atoms with Crippen molar-refractivity contribution in [2.24, 2.45) is 0 Å². The number of hydrogen-bond acceptors (Lipinski definition) is 4. The van der Waals surface area contributed by atoms with Crippen LogP contribution in [-0.2, 0) is 0 Å². The molecule has 0 spiro atoms. The lowest BCUT2D eigenvalue weighted by molar-refractivity contribution is 0.0717. The van der Waals surface area contributed by atoms with Gasteiger partial charge in [0.1, 0.15) is 11.6 Å². The molecule has 0 radical (unpaired) electrons. The van der Waals surface area contributed by atoms with Crippen LogP contribution in [0.5, 0.6) is 5.75 Å². The molecule has 4 rings (SSSR count). The molecule has 6 nitrogen and oxygen atoms in total. The summed E-state index contributed by atoms with van der Waals surface area (Å²) in [6.45, 7) is 1.95. The van der Waals surface area contributed by atoms with Crippen molar-refractivity contribution in [2.45, 2.75) is 19.4 Å². The molecular weight excluding hydrogens is 438 g/mol. The molecule has 0 saturated heterocycles. The predicted octanol–water partition coefficient (Wildman–Crippen LogP) is 5.27. The number of ether oxygens (including phenoxy) is 1. The second kappa shape index (κ2) is 9.46. The Morgan fingerprint density at radius 1 is 1.06 bits per heavy atom. The van der Waals surface area contributed by atoms with Gasteiger partial charge in [-0.05, 0) is 42.8 Å². The number of methoxy groups -OCH3 is 1. The minimum Gasteiger partial charge on any atom is -0.495 e. The molecule has 1 aromatic heterocycles.